The molecule has 0 aliphatic rings. The Balaban J connectivity index is 2.36. The first kappa shape index (κ1) is 11.8. The second-order valence-corrected chi connectivity index (χ2v) is 4.20. The van der Waals surface area contributed by atoms with Gasteiger partial charge in [-0.05, 0) is 18.8 Å². The summed E-state index contributed by atoms with van der Waals surface area (Å²) in [6.45, 7) is 4.32. The smallest absolute Gasteiger partial charge is 0.303 e. The van der Waals surface area contributed by atoms with E-state index < -0.39 is 5.97 Å². The lowest BCUT2D eigenvalue weighted by molar-refractivity contribution is -0.137. The molecule has 4 nitrogen and oxygen atoms in total. The number of aryl methyl sites for hydroxylation is 1. The number of carboxylic acid groups (broad SMARTS) is 1. The Morgan fingerprint density at radius 1 is 1.60 bits per heavy atom. The van der Waals surface area contributed by atoms with Crippen LogP contribution in [0.1, 0.15) is 38.2 Å². The molecule has 0 saturated heterocycles. The predicted octanol–water partition coefficient (Wildman–Crippen LogP) is 2.02. The van der Waals surface area contributed by atoms with Crippen molar-refractivity contribution >= 4 is 5.97 Å². The van der Waals surface area contributed by atoms with Crippen LogP contribution in [0.2, 0.25) is 0 Å². The quantitative estimate of drug-likeness (QED) is 0.754. The summed E-state index contributed by atoms with van der Waals surface area (Å²) in [5.74, 6) is 0.758. The van der Waals surface area contributed by atoms with E-state index in [0.29, 0.717) is 18.8 Å². The number of carbonyl (C=O) groups is 1. The number of H-pyrrole nitrogens is 1. The average molecular weight is 210 g/mol. The standard InChI is InChI=1S/C11H18N2O2/c1-8(2)6-9-7-12-10(13-9)4-3-5-11(14)15/h7-8H,3-6H2,1-2H3,(H,12,13)(H,14,15). The minimum Gasteiger partial charge on any atom is -0.481 e. The molecule has 0 aromatic carbocycles. The molecule has 0 aliphatic heterocycles. The van der Waals surface area contributed by atoms with Crippen molar-refractivity contribution in [3.8, 4) is 0 Å². The molecular weight excluding hydrogens is 192 g/mol. The van der Waals surface area contributed by atoms with Gasteiger partial charge in [0.2, 0.25) is 0 Å². The van der Waals surface area contributed by atoms with Gasteiger partial charge in [0.15, 0.2) is 0 Å². The van der Waals surface area contributed by atoms with Crippen molar-refractivity contribution in [1.82, 2.24) is 9.97 Å². The summed E-state index contributed by atoms with van der Waals surface area (Å²) < 4.78 is 0. The van der Waals surface area contributed by atoms with Crippen LogP contribution in [0.25, 0.3) is 0 Å². The van der Waals surface area contributed by atoms with Crippen molar-refractivity contribution in [2.75, 3.05) is 0 Å². The lowest BCUT2D eigenvalue weighted by Crippen LogP contribution is -1.98. The van der Waals surface area contributed by atoms with E-state index in [-0.39, 0.29) is 6.42 Å². The summed E-state index contributed by atoms with van der Waals surface area (Å²) >= 11 is 0. The highest BCUT2D eigenvalue weighted by Crippen LogP contribution is 2.07. The van der Waals surface area contributed by atoms with Gasteiger partial charge in [0.05, 0.1) is 0 Å². The second kappa shape index (κ2) is 5.53. The third-order valence-electron chi connectivity index (χ3n) is 2.11. The van der Waals surface area contributed by atoms with Crippen LogP contribution < -0.4 is 0 Å². The van der Waals surface area contributed by atoms with Gasteiger partial charge < -0.3 is 10.1 Å². The van der Waals surface area contributed by atoms with Crippen molar-refractivity contribution in [1.29, 1.82) is 0 Å². The highest BCUT2D eigenvalue weighted by Gasteiger charge is 2.04. The maximum atomic E-state index is 10.3. The SMILES string of the molecule is CC(C)Cc1cnc(CCCC(=O)O)[nH]1. The van der Waals surface area contributed by atoms with Crippen molar-refractivity contribution in [3.05, 3.63) is 17.7 Å². The molecule has 0 fully saturated rings. The monoisotopic (exact) mass is 210 g/mol. The van der Waals surface area contributed by atoms with Gasteiger partial charge in [-0.3, -0.25) is 4.79 Å². The molecule has 0 spiro atoms. The second-order valence-electron chi connectivity index (χ2n) is 4.20. The molecule has 0 bridgehead atoms. The van der Waals surface area contributed by atoms with E-state index in [1.165, 1.54) is 0 Å². The van der Waals surface area contributed by atoms with E-state index in [1.807, 2.05) is 6.20 Å². The molecule has 0 atom stereocenters. The zero-order chi connectivity index (χ0) is 11.3. The number of nitrogens with zero attached hydrogens (tertiary/aromatic N) is 1. The van der Waals surface area contributed by atoms with Crippen molar-refractivity contribution < 1.29 is 9.90 Å². The van der Waals surface area contributed by atoms with E-state index in [0.717, 1.165) is 17.9 Å². The maximum Gasteiger partial charge on any atom is 0.303 e. The Bertz CT molecular complexity index is 318. The molecule has 0 aliphatic carbocycles. The highest BCUT2D eigenvalue weighted by molar-refractivity contribution is 5.66. The first-order valence-electron chi connectivity index (χ1n) is 5.32. The molecule has 15 heavy (non-hydrogen) atoms. The Labute approximate surface area is 89.7 Å². The zero-order valence-corrected chi connectivity index (χ0v) is 9.29. The largest absolute Gasteiger partial charge is 0.481 e. The van der Waals surface area contributed by atoms with Crippen LogP contribution >= 0.6 is 0 Å². The van der Waals surface area contributed by atoms with Gasteiger partial charge in [-0.25, -0.2) is 4.98 Å². The molecule has 1 rings (SSSR count). The summed E-state index contributed by atoms with van der Waals surface area (Å²) in [7, 11) is 0. The number of carboxylic acids is 1. The lowest BCUT2D eigenvalue weighted by atomic mass is 10.1. The van der Waals surface area contributed by atoms with Crippen LogP contribution in [-0.4, -0.2) is 21.0 Å². The maximum absolute atomic E-state index is 10.3. The minimum absolute atomic E-state index is 0.209. The van der Waals surface area contributed by atoms with E-state index in [2.05, 4.69) is 23.8 Å². The molecule has 1 aromatic rings. The number of aromatic amines is 1. The number of hydrogen-bond acceptors (Lipinski definition) is 2. The van der Waals surface area contributed by atoms with E-state index in [9.17, 15) is 4.79 Å². The van der Waals surface area contributed by atoms with Crippen LogP contribution in [0.15, 0.2) is 6.20 Å². The summed E-state index contributed by atoms with van der Waals surface area (Å²) in [5, 5.41) is 8.49. The molecule has 0 amide bonds. The summed E-state index contributed by atoms with van der Waals surface area (Å²) in [6.07, 6.45) is 4.40. The number of imidazole rings is 1. The van der Waals surface area contributed by atoms with Gasteiger partial charge in [0, 0.05) is 24.7 Å². The molecule has 0 saturated carbocycles. The first-order valence-corrected chi connectivity index (χ1v) is 5.32. The fourth-order valence-electron chi connectivity index (χ4n) is 1.48. The van der Waals surface area contributed by atoms with Gasteiger partial charge in [-0.1, -0.05) is 13.8 Å². The number of aliphatic carboxylic acids is 1. The van der Waals surface area contributed by atoms with Crippen LogP contribution in [0, 0.1) is 5.92 Å². The summed E-state index contributed by atoms with van der Waals surface area (Å²) in [5.41, 5.74) is 1.13. The fourth-order valence-corrected chi connectivity index (χ4v) is 1.48. The molecule has 1 heterocycles. The van der Waals surface area contributed by atoms with Gasteiger partial charge in [0.1, 0.15) is 5.82 Å². The molecule has 4 heteroatoms. The topological polar surface area (TPSA) is 66.0 Å². The first-order chi connectivity index (χ1) is 7.08. The van der Waals surface area contributed by atoms with Gasteiger partial charge in [0.25, 0.3) is 0 Å². The molecule has 2 N–H and O–H groups in total. The third kappa shape index (κ3) is 4.63. The molecule has 0 radical (unpaired) electrons. The fraction of sp³-hybridized carbons (Fsp3) is 0.636. The molecule has 0 unspecified atom stereocenters. The molecule has 84 valence electrons. The molecular formula is C11H18N2O2. The van der Waals surface area contributed by atoms with E-state index >= 15 is 0 Å². The average Bonchev–Trinajstić information content (AvgIpc) is 2.50. The zero-order valence-electron chi connectivity index (χ0n) is 9.29. The van der Waals surface area contributed by atoms with E-state index in [1.54, 1.807) is 0 Å². The Morgan fingerprint density at radius 2 is 2.33 bits per heavy atom. The van der Waals surface area contributed by atoms with Crippen molar-refractivity contribution in [2.45, 2.75) is 39.5 Å². The Hall–Kier alpha value is -1.32. The minimum atomic E-state index is -0.746. The normalized spacial score (nSPS) is 10.9. The van der Waals surface area contributed by atoms with Gasteiger partial charge in [-0.2, -0.15) is 0 Å². The third-order valence-corrected chi connectivity index (χ3v) is 2.11. The van der Waals surface area contributed by atoms with Gasteiger partial charge in [-0.15, -0.1) is 0 Å². The van der Waals surface area contributed by atoms with Crippen LogP contribution in [0.4, 0.5) is 0 Å². The number of hydrogen-bond donors (Lipinski definition) is 2. The Kier molecular flexibility index (Phi) is 4.34. The molecule has 1 aromatic heterocycles. The van der Waals surface area contributed by atoms with Crippen LogP contribution in [-0.2, 0) is 17.6 Å². The van der Waals surface area contributed by atoms with E-state index in [4.69, 9.17) is 5.11 Å². The van der Waals surface area contributed by atoms with Gasteiger partial charge >= 0.3 is 5.97 Å². The van der Waals surface area contributed by atoms with Crippen molar-refractivity contribution in [3.63, 3.8) is 0 Å². The Morgan fingerprint density at radius 3 is 2.93 bits per heavy atom. The number of aromatic nitrogens is 2. The lowest BCUT2D eigenvalue weighted by Gasteiger charge is -2.00. The number of rotatable bonds is 6. The number of nitrogens with one attached hydrogen (secondary N) is 1. The van der Waals surface area contributed by atoms with Crippen molar-refractivity contribution in [2.24, 2.45) is 5.92 Å². The highest BCUT2D eigenvalue weighted by atomic mass is 16.4. The van der Waals surface area contributed by atoms with Crippen LogP contribution in [0.3, 0.4) is 0 Å². The van der Waals surface area contributed by atoms with Crippen LogP contribution in [0.5, 0.6) is 0 Å². The summed E-state index contributed by atoms with van der Waals surface area (Å²) in [4.78, 5) is 17.7. The predicted molar refractivity (Wildman–Crippen MR) is 57.7 cm³/mol. The summed E-state index contributed by atoms with van der Waals surface area (Å²) in [6, 6.07) is 0.